The molecule has 3 N–H and O–H groups in total. The molecular formula is C17H23N3O. The van der Waals surface area contributed by atoms with Crippen molar-refractivity contribution in [2.24, 2.45) is 22.5 Å². The summed E-state index contributed by atoms with van der Waals surface area (Å²) in [6.45, 7) is 9.93. The Morgan fingerprint density at radius 2 is 2.05 bits per heavy atom. The first kappa shape index (κ1) is 15.5. The quantitative estimate of drug-likeness (QED) is 0.832. The van der Waals surface area contributed by atoms with E-state index in [2.05, 4.69) is 49.8 Å². The van der Waals surface area contributed by atoms with E-state index in [0.29, 0.717) is 23.6 Å². The van der Waals surface area contributed by atoms with Crippen LogP contribution in [-0.4, -0.2) is 24.0 Å². The van der Waals surface area contributed by atoms with Gasteiger partial charge >= 0.3 is 0 Å². The number of carbonyl (C=O) groups is 1. The molecule has 0 aromatic carbocycles. The molecule has 1 heterocycles. The van der Waals surface area contributed by atoms with Crippen LogP contribution >= 0.6 is 0 Å². The number of nitrogens with zero attached hydrogens (tertiary/aromatic N) is 1. The first-order chi connectivity index (χ1) is 9.82. The summed E-state index contributed by atoms with van der Waals surface area (Å²) in [4.78, 5) is 16.4. The van der Waals surface area contributed by atoms with Crippen LogP contribution in [0, 0.1) is 28.6 Å². The van der Waals surface area contributed by atoms with Crippen molar-refractivity contribution < 1.29 is 4.79 Å². The lowest BCUT2D eigenvalue weighted by Crippen LogP contribution is -2.27. The lowest BCUT2D eigenvalue weighted by Gasteiger charge is -2.07. The van der Waals surface area contributed by atoms with E-state index in [-0.39, 0.29) is 23.3 Å². The first-order valence-corrected chi connectivity index (χ1v) is 7.23. The Labute approximate surface area is 126 Å². The molecule has 1 aromatic heterocycles. The Morgan fingerprint density at radius 1 is 1.38 bits per heavy atom. The number of aromatic nitrogens is 1. The predicted octanol–water partition coefficient (Wildman–Crippen LogP) is 1.80. The highest BCUT2D eigenvalue weighted by Gasteiger charge is 2.64. The van der Waals surface area contributed by atoms with Gasteiger partial charge < -0.3 is 11.1 Å². The Bertz CT molecular complexity index is 594. The van der Waals surface area contributed by atoms with E-state index in [0.717, 1.165) is 0 Å². The van der Waals surface area contributed by atoms with Crippen molar-refractivity contribution in [1.82, 2.24) is 10.3 Å². The van der Waals surface area contributed by atoms with Gasteiger partial charge in [-0.05, 0) is 22.8 Å². The zero-order valence-corrected chi connectivity index (χ0v) is 13.2. The Morgan fingerprint density at radius 3 is 2.62 bits per heavy atom. The Balaban J connectivity index is 2.05. The van der Waals surface area contributed by atoms with Gasteiger partial charge in [0.15, 0.2) is 0 Å². The van der Waals surface area contributed by atoms with Crippen molar-refractivity contribution in [1.29, 1.82) is 0 Å². The highest BCUT2D eigenvalue weighted by molar-refractivity contribution is 5.96. The van der Waals surface area contributed by atoms with Crippen molar-refractivity contribution in [3.05, 3.63) is 29.6 Å². The molecule has 4 heteroatoms. The molecule has 0 atom stereocenters. The highest BCUT2D eigenvalue weighted by Crippen LogP contribution is 2.67. The molecule has 4 nitrogen and oxygen atoms in total. The molecule has 1 aliphatic carbocycles. The normalized spacial score (nSPS) is 18.5. The lowest BCUT2D eigenvalue weighted by atomic mass is 10.0. The van der Waals surface area contributed by atoms with Crippen molar-refractivity contribution in [2.75, 3.05) is 13.1 Å². The van der Waals surface area contributed by atoms with Crippen LogP contribution in [-0.2, 0) is 0 Å². The maximum absolute atomic E-state index is 12.3. The molecule has 0 radical (unpaired) electrons. The van der Waals surface area contributed by atoms with E-state index in [1.54, 1.807) is 18.5 Å². The minimum Gasteiger partial charge on any atom is -0.352 e. The summed E-state index contributed by atoms with van der Waals surface area (Å²) in [5.74, 6) is 6.05. The number of amides is 1. The summed E-state index contributed by atoms with van der Waals surface area (Å²) in [6.07, 6.45) is 3.20. The number of nitrogens with one attached hydrogen (secondary N) is 1. The average molecular weight is 285 g/mol. The summed E-state index contributed by atoms with van der Waals surface area (Å²) < 4.78 is 0. The van der Waals surface area contributed by atoms with Crippen LogP contribution < -0.4 is 11.1 Å². The standard InChI is InChI=1S/C17H23N3O/c1-16(2)14(17(16,3)4)11-20-15(21)13-7-9-19-10-12(13)6-5-8-18/h7,9-10,14H,8,11,18H2,1-4H3,(H,20,21). The Hall–Kier alpha value is -1.86. The molecular weight excluding hydrogens is 262 g/mol. The van der Waals surface area contributed by atoms with Gasteiger partial charge in [0.25, 0.3) is 5.91 Å². The summed E-state index contributed by atoms with van der Waals surface area (Å²) in [7, 11) is 0. The second-order valence-electron chi connectivity index (χ2n) is 6.63. The van der Waals surface area contributed by atoms with Gasteiger partial charge in [0.1, 0.15) is 0 Å². The lowest BCUT2D eigenvalue weighted by molar-refractivity contribution is 0.0949. The van der Waals surface area contributed by atoms with Crippen molar-refractivity contribution in [3.63, 3.8) is 0 Å². The maximum atomic E-state index is 12.3. The zero-order valence-electron chi connectivity index (χ0n) is 13.2. The number of hydrogen-bond acceptors (Lipinski definition) is 3. The van der Waals surface area contributed by atoms with Crippen LogP contribution in [0.25, 0.3) is 0 Å². The van der Waals surface area contributed by atoms with Crippen molar-refractivity contribution >= 4 is 5.91 Å². The second kappa shape index (κ2) is 5.50. The SMILES string of the molecule is CC1(C)C(CNC(=O)c2ccncc2C#CCN)C1(C)C. The van der Waals surface area contributed by atoms with E-state index < -0.39 is 0 Å². The van der Waals surface area contributed by atoms with Crippen LogP contribution in [0.2, 0.25) is 0 Å². The van der Waals surface area contributed by atoms with Gasteiger partial charge in [-0.1, -0.05) is 39.5 Å². The van der Waals surface area contributed by atoms with Gasteiger partial charge in [-0.15, -0.1) is 0 Å². The van der Waals surface area contributed by atoms with Gasteiger partial charge in [0.05, 0.1) is 17.7 Å². The minimum absolute atomic E-state index is 0.0998. The van der Waals surface area contributed by atoms with E-state index >= 15 is 0 Å². The molecule has 112 valence electrons. The third-order valence-corrected chi connectivity index (χ3v) is 5.18. The third-order valence-electron chi connectivity index (χ3n) is 5.18. The van der Waals surface area contributed by atoms with E-state index in [4.69, 9.17) is 5.73 Å². The van der Waals surface area contributed by atoms with E-state index in [1.807, 2.05) is 0 Å². The second-order valence-corrected chi connectivity index (χ2v) is 6.63. The van der Waals surface area contributed by atoms with E-state index in [1.165, 1.54) is 0 Å². The van der Waals surface area contributed by atoms with Gasteiger partial charge in [-0.2, -0.15) is 0 Å². The molecule has 1 amide bonds. The monoisotopic (exact) mass is 285 g/mol. The van der Waals surface area contributed by atoms with Crippen LogP contribution in [0.4, 0.5) is 0 Å². The number of pyridine rings is 1. The zero-order chi connectivity index (χ0) is 15.7. The molecule has 21 heavy (non-hydrogen) atoms. The first-order valence-electron chi connectivity index (χ1n) is 7.23. The fraction of sp³-hybridized carbons (Fsp3) is 0.529. The summed E-state index contributed by atoms with van der Waals surface area (Å²) in [5.41, 5.74) is 7.08. The predicted molar refractivity (Wildman–Crippen MR) is 83.6 cm³/mol. The number of rotatable bonds is 3. The smallest absolute Gasteiger partial charge is 0.252 e. The maximum Gasteiger partial charge on any atom is 0.252 e. The summed E-state index contributed by atoms with van der Waals surface area (Å²) >= 11 is 0. The molecule has 1 aromatic rings. The molecule has 0 saturated heterocycles. The van der Waals surface area contributed by atoms with Crippen LogP contribution in [0.1, 0.15) is 43.6 Å². The fourth-order valence-corrected chi connectivity index (χ4v) is 2.97. The van der Waals surface area contributed by atoms with Crippen molar-refractivity contribution in [3.8, 4) is 11.8 Å². The summed E-state index contributed by atoms with van der Waals surface area (Å²) in [6, 6.07) is 1.69. The van der Waals surface area contributed by atoms with Gasteiger partial charge in [-0.25, -0.2) is 0 Å². The van der Waals surface area contributed by atoms with Crippen LogP contribution in [0.3, 0.4) is 0 Å². The van der Waals surface area contributed by atoms with Gasteiger partial charge in [0, 0.05) is 18.9 Å². The average Bonchev–Trinajstić information content (AvgIpc) is 2.84. The fourth-order valence-electron chi connectivity index (χ4n) is 2.97. The molecule has 0 aliphatic heterocycles. The highest BCUT2D eigenvalue weighted by atomic mass is 16.1. The molecule has 1 fully saturated rings. The van der Waals surface area contributed by atoms with Gasteiger partial charge in [-0.3, -0.25) is 9.78 Å². The van der Waals surface area contributed by atoms with Gasteiger partial charge in [0.2, 0.25) is 0 Å². The van der Waals surface area contributed by atoms with E-state index in [9.17, 15) is 4.79 Å². The summed E-state index contributed by atoms with van der Waals surface area (Å²) in [5, 5.41) is 3.02. The third kappa shape index (κ3) is 2.79. The molecule has 0 unspecified atom stereocenters. The number of nitrogens with two attached hydrogens (primary N) is 1. The molecule has 1 saturated carbocycles. The topological polar surface area (TPSA) is 68.0 Å². The number of carbonyl (C=O) groups excluding carboxylic acids is 1. The molecule has 2 rings (SSSR count). The van der Waals surface area contributed by atoms with Crippen LogP contribution in [0.5, 0.6) is 0 Å². The van der Waals surface area contributed by atoms with Crippen molar-refractivity contribution in [2.45, 2.75) is 27.7 Å². The minimum atomic E-state index is -0.0998. The molecule has 0 spiro atoms. The Kier molecular flexibility index (Phi) is 4.06. The van der Waals surface area contributed by atoms with Crippen LogP contribution in [0.15, 0.2) is 18.5 Å². The largest absolute Gasteiger partial charge is 0.352 e. The molecule has 0 bridgehead atoms. The molecule has 1 aliphatic rings. The number of hydrogen-bond donors (Lipinski definition) is 2.